The van der Waals surface area contributed by atoms with Crippen molar-refractivity contribution in [2.75, 3.05) is 19.5 Å². The Balaban J connectivity index is 2.16. The van der Waals surface area contributed by atoms with Gasteiger partial charge in [-0.05, 0) is 6.08 Å². The predicted molar refractivity (Wildman–Crippen MR) is 93.5 cm³/mol. The molecule has 134 valence electrons. The summed E-state index contributed by atoms with van der Waals surface area (Å²) in [5.41, 5.74) is 0. The summed E-state index contributed by atoms with van der Waals surface area (Å²) in [5, 5.41) is 1.38. The Morgan fingerprint density at radius 3 is 2.40 bits per heavy atom. The smallest absolute Gasteiger partial charge is 0.335 e. The Labute approximate surface area is 153 Å². The van der Waals surface area contributed by atoms with E-state index in [0.29, 0.717) is 0 Å². The largest absolute Gasteiger partial charge is 0.467 e. The summed E-state index contributed by atoms with van der Waals surface area (Å²) >= 11 is 10.9. The number of amides is 2. The molecule has 1 atom stereocenters. The number of nitrogens with zero attached hydrogens (tertiary/aromatic N) is 3. The van der Waals surface area contributed by atoms with Crippen molar-refractivity contribution >= 4 is 50.7 Å². The van der Waals surface area contributed by atoms with Crippen LogP contribution in [0.3, 0.4) is 0 Å². The fraction of sp³-hybridized carbons (Fsp3) is 0.250. The lowest BCUT2D eigenvalue weighted by Crippen LogP contribution is -2.38. The highest BCUT2D eigenvalue weighted by atomic mass is 35.5. The summed E-state index contributed by atoms with van der Waals surface area (Å²) in [7, 11) is -1.63. The van der Waals surface area contributed by atoms with Gasteiger partial charge in [-0.1, -0.05) is 24.4 Å². The summed E-state index contributed by atoms with van der Waals surface area (Å²) in [6.45, 7) is 0. The summed E-state index contributed by atoms with van der Waals surface area (Å²) in [5.74, 6) is -0.272. The number of anilines is 1. The van der Waals surface area contributed by atoms with E-state index in [-0.39, 0.29) is 27.7 Å². The molecule has 1 heterocycles. The molecule has 2 rings (SSSR count). The maximum atomic E-state index is 12.3. The van der Waals surface area contributed by atoms with Gasteiger partial charge in [0.05, 0.1) is 24.5 Å². The van der Waals surface area contributed by atoms with E-state index in [1.165, 1.54) is 32.4 Å². The average molecular weight is 406 g/mol. The van der Waals surface area contributed by atoms with Gasteiger partial charge >= 0.3 is 18.1 Å². The fourth-order valence-electron chi connectivity index (χ4n) is 1.65. The first-order valence-corrected chi connectivity index (χ1v) is 8.84. The molecule has 0 spiro atoms. The van der Waals surface area contributed by atoms with Gasteiger partial charge in [0.1, 0.15) is 4.91 Å². The van der Waals surface area contributed by atoms with Crippen LogP contribution in [0.4, 0.5) is 10.7 Å². The van der Waals surface area contributed by atoms with Crippen LogP contribution >= 0.6 is 23.8 Å². The number of allylic oxidation sites excluding steroid dienone is 4. The highest BCUT2D eigenvalue weighted by Crippen LogP contribution is 2.20. The molecular formula is C12H12ClN5O5S2. The van der Waals surface area contributed by atoms with E-state index in [0.717, 1.165) is 0 Å². The van der Waals surface area contributed by atoms with Crippen molar-refractivity contribution in [1.82, 2.24) is 19.7 Å². The maximum absolute atomic E-state index is 12.3. The number of halogens is 1. The van der Waals surface area contributed by atoms with Gasteiger partial charge in [0.15, 0.2) is 0 Å². The van der Waals surface area contributed by atoms with Crippen molar-refractivity contribution < 1.29 is 22.7 Å². The van der Waals surface area contributed by atoms with Gasteiger partial charge in [-0.3, -0.25) is 5.32 Å². The number of thiocarbonyl (C=S) groups is 1. The standard InChI is InChI=1S/C12H12ClN5O5S2/c1-22-11-15-9(16-12(17-11)23-2)14-10(19)18-25(20,21)7-5-3-4-6(13)8(7)24/h3-6H,1-2H3,(H2,14,15,16,17,18,19). The summed E-state index contributed by atoms with van der Waals surface area (Å²) < 4.78 is 36.0. The first-order chi connectivity index (χ1) is 11.8. The summed E-state index contributed by atoms with van der Waals surface area (Å²) in [4.78, 5) is 22.9. The molecule has 0 saturated carbocycles. The first-order valence-electron chi connectivity index (χ1n) is 6.51. The van der Waals surface area contributed by atoms with Crippen LogP contribution in [0.2, 0.25) is 0 Å². The molecule has 13 heteroatoms. The Kier molecular flexibility index (Phi) is 5.87. The van der Waals surface area contributed by atoms with Gasteiger partial charge in [-0.15, -0.1) is 16.6 Å². The van der Waals surface area contributed by atoms with Crippen LogP contribution in [0.5, 0.6) is 12.0 Å². The highest BCUT2D eigenvalue weighted by molar-refractivity contribution is 7.97. The molecule has 0 saturated heterocycles. The first kappa shape index (κ1) is 19.0. The van der Waals surface area contributed by atoms with Gasteiger partial charge in [0.2, 0.25) is 5.95 Å². The Bertz CT molecular complexity index is 848. The molecule has 25 heavy (non-hydrogen) atoms. The van der Waals surface area contributed by atoms with Crippen LogP contribution in [0, 0.1) is 0 Å². The van der Waals surface area contributed by atoms with Crippen LogP contribution in [-0.4, -0.2) is 53.9 Å². The van der Waals surface area contributed by atoms with Crippen molar-refractivity contribution in [3.05, 3.63) is 23.1 Å². The molecule has 1 aliphatic carbocycles. The van der Waals surface area contributed by atoms with Crippen molar-refractivity contribution in [2.45, 2.75) is 5.38 Å². The lowest BCUT2D eigenvalue weighted by molar-refractivity contribution is 0.256. The highest BCUT2D eigenvalue weighted by Gasteiger charge is 2.28. The molecule has 0 aliphatic heterocycles. The molecule has 1 aromatic heterocycles. The molecular weight excluding hydrogens is 394 g/mol. The van der Waals surface area contributed by atoms with Crippen molar-refractivity contribution in [1.29, 1.82) is 0 Å². The van der Waals surface area contributed by atoms with Gasteiger partial charge in [0.25, 0.3) is 10.0 Å². The van der Waals surface area contributed by atoms with E-state index in [2.05, 4.69) is 20.3 Å². The number of ether oxygens (including phenoxy) is 2. The fourth-order valence-corrected chi connectivity index (χ4v) is 3.45. The zero-order chi connectivity index (χ0) is 18.6. The number of hydrogen-bond donors (Lipinski definition) is 2. The van der Waals surface area contributed by atoms with E-state index in [1.807, 2.05) is 0 Å². The SMILES string of the molecule is COc1nc(NC(=O)NS(=O)(=O)C2=CC=CC(Cl)C2=S)nc(OC)n1. The van der Waals surface area contributed by atoms with E-state index < -0.39 is 21.4 Å². The topological polar surface area (TPSA) is 132 Å². The number of nitrogens with one attached hydrogen (secondary N) is 2. The molecule has 0 aromatic carbocycles. The second kappa shape index (κ2) is 7.72. The number of carbonyl (C=O) groups excluding carboxylic acids is 1. The molecule has 2 amide bonds. The predicted octanol–water partition coefficient (Wildman–Crippen LogP) is 0.771. The molecule has 1 aliphatic rings. The third-order valence-corrected chi connectivity index (χ3v) is 5.21. The molecule has 10 nitrogen and oxygen atoms in total. The van der Waals surface area contributed by atoms with Crippen LogP contribution in [-0.2, 0) is 10.0 Å². The molecule has 1 unspecified atom stereocenters. The van der Waals surface area contributed by atoms with Crippen LogP contribution in [0.15, 0.2) is 23.1 Å². The van der Waals surface area contributed by atoms with Crippen molar-refractivity contribution in [3.8, 4) is 12.0 Å². The summed E-state index contributed by atoms with van der Waals surface area (Å²) in [6, 6.07) is -1.37. The van der Waals surface area contributed by atoms with E-state index in [1.54, 1.807) is 4.72 Å². The minimum absolute atomic E-state index is 0.0204. The van der Waals surface area contributed by atoms with Gasteiger partial charge in [0, 0.05) is 0 Å². The second-order valence-corrected chi connectivity index (χ2v) is 6.93. The average Bonchev–Trinajstić information content (AvgIpc) is 2.56. The number of urea groups is 1. The third kappa shape index (κ3) is 4.61. The maximum Gasteiger partial charge on any atom is 0.335 e. The molecule has 2 N–H and O–H groups in total. The van der Waals surface area contributed by atoms with Crippen molar-refractivity contribution in [2.24, 2.45) is 0 Å². The van der Waals surface area contributed by atoms with E-state index in [4.69, 9.17) is 33.3 Å². The van der Waals surface area contributed by atoms with E-state index >= 15 is 0 Å². The zero-order valence-electron chi connectivity index (χ0n) is 12.9. The second-order valence-electron chi connectivity index (χ2n) is 4.37. The zero-order valence-corrected chi connectivity index (χ0v) is 15.3. The Morgan fingerprint density at radius 2 is 1.84 bits per heavy atom. The lowest BCUT2D eigenvalue weighted by Gasteiger charge is -2.15. The number of sulfonamides is 1. The molecule has 1 aromatic rings. The summed E-state index contributed by atoms with van der Waals surface area (Å²) in [6.07, 6.45) is 4.19. The van der Waals surface area contributed by atoms with Gasteiger partial charge < -0.3 is 9.47 Å². The molecule has 0 radical (unpaired) electrons. The van der Waals surface area contributed by atoms with Crippen molar-refractivity contribution in [3.63, 3.8) is 0 Å². The van der Waals surface area contributed by atoms with Gasteiger partial charge in [-0.2, -0.15) is 9.97 Å². The Hall–Kier alpha value is -2.31. The molecule has 0 bridgehead atoms. The van der Waals surface area contributed by atoms with Crippen LogP contribution in [0.1, 0.15) is 0 Å². The van der Waals surface area contributed by atoms with E-state index in [9.17, 15) is 13.2 Å². The molecule has 0 fully saturated rings. The normalized spacial score (nSPS) is 16.8. The number of alkyl halides is 1. The minimum atomic E-state index is -4.23. The number of hydrogen-bond acceptors (Lipinski definition) is 9. The number of aromatic nitrogens is 3. The Morgan fingerprint density at radius 1 is 1.24 bits per heavy atom. The number of methoxy groups -OCH3 is 2. The van der Waals surface area contributed by atoms with Crippen LogP contribution < -0.4 is 19.5 Å². The quantitative estimate of drug-likeness (QED) is 0.538. The minimum Gasteiger partial charge on any atom is -0.467 e. The number of rotatable bonds is 5. The monoisotopic (exact) mass is 405 g/mol. The van der Waals surface area contributed by atoms with Gasteiger partial charge in [-0.25, -0.2) is 17.9 Å². The lowest BCUT2D eigenvalue weighted by atomic mass is 10.2. The number of carbonyl (C=O) groups is 1. The third-order valence-electron chi connectivity index (χ3n) is 2.72. The van der Waals surface area contributed by atoms with Crippen LogP contribution in [0.25, 0.3) is 0 Å².